The zero-order chi connectivity index (χ0) is 19.2. The molecule has 1 aliphatic rings. The molecule has 2 aromatic rings. The van der Waals surface area contributed by atoms with E-state index in [0.29, 0.717) is 24.3 Å². The molecule has 1 aromatic heterocycles. The Balaban J connectivity index is 1.61. The number of benzene rings is 1. The molecule has 0 bridgehead atoms. The summed E-state index contributed by atoms with van der Waals surface area (Å²) >= 11 is 0. The topological polar surface area (TPSA) is 104 Å². The van der Waals surface area contributed by atoms with Crippen LogP contribution in [0.2, 0.25) is 0 Å². The van der Waals surface area contributed by atoms with E-state index in [2.05, 4.69) is 10.1 Å². The van der Waals surface area contributed by atoms with E-state index in [9.17, 15) is 14.4 Å². The predicted octanol–water partition coefficient (Wildman–Crippen LogP) is 2.54. The molecule has 0 saturated carbocycles. The lowest BCUT2D eigenvalue weighted by molar-refractivity contribution is -0.124. The number of ether oxygens (including phenoxy) is 3. The lowest BCUT2D eigenvalue weighted by Crippen LogP contribution is -2.26. The minimum atomic E-state index is -0.648. The highest BCUT2D eigenvalue weighted by atomic mass is 16.5. The van der Waals surface area contributed by atoms with Crippen molar-refractivity contribution in [3.8, 4) is 0 Å². The number of amides is 1. The van der Waals surface area contributed by atoms with E-state index in [0.717, 1.165) is 6.42 Å². The Labute approximate surface area is 155 Å². The highest BCUT2D eigenvalue weighted by molar-refractivity contribution is 5.96. The summed E-state index contributed by atoms with van der Waals surface area (Å²) in [6.07, 6.45) is 2.39. The summed E-state index contributed by atoms with van der Waals surface area (Å²) in [5, 5.41) is 2.73. The van der Waals surface area contributed by atoms with Gasteiger partial charge in [0.2, 0.25) is 5.76 Å². The Bertz CT molecular complexity index is 836. The highest BCUT2D eigenvalue weighted by Crippen LogP contribution is 2.18. The molecule has 0 aliphatic carbocycles. The molecule has 1 saturated heterocycles. The second kappa shape index (κ2) is 8.50. The number of carbonyl (C=O) groups excluding carboxylic acids is 3. The first-order valence-corrected chi connectivity index (χ1v) is 8.43. The molecule has 1 aliphatic heterocycles. The van der Waals surface area contributed by atoms with E-state index in [1.165, 1.54) is 25.5 Å². The minimum absolute atomic E-state index is 0.0112. The Hall–Kier alpha value is -3.13. The second-order valence-electron chi connectivity index (χ2n) is 5.91. The van der Waals surface area contributed by atoms with Crippen molar-refractivity contribution in [2.75, 3.05) is 19.0 Å². The maximum Gasteiger partial charge on any atom is 0.374 e. The zero-order valence-corrected chi connectivity index (χ0v) is 14.7. The van der Waals surface area contributed by atoms with Crippen molar-refractivity contribution in [3.63, 3.8) is 0 Å². The summed E-state index contributed by atoms with van der Waals surface area (Å²) in [4.78, 5) is 35.9. The summed E-state index contributed by atoms with van der Waals surface area (Å²) in [5.74, 6) is -1.49. The summed E-state index contributed by atoms with van der Waals surface area (Å²) in [7, 11) is 1.23. The summed E-state index contributed by atoms with van der Waals surface area (Å²) in [6.45, 7) is 0.429. The average Bonchev–Trinajstić information content (AvgIpc) is 3.37. The molecule has 8 nitrogen and oxygen atoms in total. The fourth-order valence-corrected chi connectivity index (χ4v) is 2.68. The lowest BCUT2D eigenvalue weighted by Gasteiger charge is -2.11. The van der Waals surface area contributed by atoms with Crippen molar-refractivity contribution in [3.05, 3.63) is 53.5 Å². The molecule has 1 aromatic carbocycles. The molecule has 8 heteroatoms. The number of methoxy groups -OCH3 is 1. The predicted molar refractivity (Wildman–Crippen MR) is 93.2 cm³/mol. The van der Waals surface area contributed by atoms with E-state index in [4.69, 9.17) is 13.9 Å². The number of nitrogens with one attached hydrogen (secondary N) is 1. The Morgan fingerprint density at radius 1 is 1.22 bits per heavy atom. The van der Waals surface area contributed by atoms with E-state index >= 15 is 0 Å². The van der Waals surface area contributed by atoms with Gasteiger partial charge >= 0.3 is 11.9 Å². The van der Waals surface area contributed by atoms with Crippen LogP contribution in [0.5, 0.6) is 0 Å². The molecule has 1 N–H and O–H groups in total. The molecule has 1 atom stereocenters. The lowest BCUT2D eigenvalue weighted by atomic mass is 10.2. The molecule has 2 heterocycles. The maximum atomic E-state index is 12.3. The third-order valence-electron chi connectivity index (χ3n) is 4.06. The van der Waals surface area contributed by atoms with Crippen molar-refractivity contribution in [1.29, 1.82) is 0 Å². The van der Waals surface area contributed by atoms with Crippen molar-refractivity contribution < 1.29 is 33.0 Å². The van der Waals surface area contributed by atoms with Crippen molar-refractivity contribution in [2.24, 2.45) is 0 Å². The van der Waals surface area contributed by atoms with Gasteiger partial charge in [-0.15, -0.1) is 0 Å². The summed E-state index contributed by atoms with van der Waals surface area (Å²) in [6, 6.07) is 7.93. The van der Waals surface area contributed by atoms with Crippen LogP contribution in [-0.4, -0.2) is 37.7 Å². The van der Waals surface area contributed by atoms with Crippen molar-refractivity contribution in [1.82, 2.24) is 0 Å². The molecular weight excluding hydrogens is 354 g/mol. The average molecular weight is 373 g/mol. The number of rotatable bonds is 6. The molecule has 0 unspecified atom stereocenters. The van der Waals surface area contributed by atoms with Gasteiger partial charge in [-0.3, -0.25) is 4.79 Å². The van der Waals surface area contributed by atoms with Crippen LogP contribution >= 0.6 is 0 Å². The van der Waals surface area contributed by atoms with Gasteiger partial charge in [-0.25, -0.2) is 9.59 Å². The highest BCUT2D eigenvalue weighted by Gasteiger charge is 2.24. The van der Waals surface area contributed by atoms with E-state index in [1.807, 2.05) is 0 Å². The van der Waals surface area contributed by atoms with Gasteiger partial charge in [0.15, 0.2) is 0 Å². The largest absolute Gasteiger partial charge is 0.463 e. The van der Waals surface area contributed by atoms with Crippen LogP contribution in [0.15, 0.2) is 41.0 Å². The van der Waals surface area contributed by atoms with Crippen LogP contribution in [0.25, 0.3) is 0 Å². The van der Waals surface area contributed by atoms with Crippen LogP contribution in [0.4, 0.5) is 5.69 Å². The van der Waals surface area contributed by atoms with Crippen molar-refractivity contribution in [2.45, 2.75) is 25.6 Å². The number of hydrogen-bond donors (Lipinski definition) is 1. The summed E-state index contributed by atoms with van der Waals surface area (Å²) in [5.41, 5.74) is 1.14. The second-order valence-corrected chi connectivity index (χ2v) is 5.91. The van der Waals surface area contributed by atoms with Crippen LogP contribution < -0.4 is 5.32 Å². The van der Waals surface area contributed by atoms with Gasteiger partial charge < -0.3 is 23.9 Å². The first kappa shape index (κ1) is 18.7. The first-order chi connectivity index (χ1) is 13.1. The van der Waals surface area contributed by atoms with Gasteiger partial charge in [-0.2, -0.15) is 0 Å². The zero-order valence-electron chi connectivity index (χ0n) is 14.7. The van der Waals surface area contributed by atoms with Crippen LogP contribution in [0.1, 0.15) is 39.3 Å². The summed E-state index contributed by atoms with van der Waals surface area (Å²) < 4.78 is 20.2. The molecule has 3 rings (SSSR count). The standard InChI is InChI=1S/C19H19NO7/c1-24-19(23)16-13(7-9-26-16)11-27-18(22)12-4-2-5-14(10-12)20-17(21)15-6-3-8-25-15/h2,4-5,7,9-10,15H,3,6,8,11H2,1H3,(H,20,21)/t15-/m0/s1. The van der Waals surface area contributed by atoms with Crippen LogP contribution in [0, 0.1) is 0 Å². The van der Waals surface area contributed by atoms with Crippen molar-refractivity contribution >= 4 is 23.5 Å². The number of carbonyl (C=O) groups is 3. The Morgan fingerprint density at radius 3 is 2.81 bits per heavy atom. The van der Waals surface area contributed by atoms with Gasteiger partial charge in [-0.05, 0) is 37.1 Å². The monoisotopic (exact) mass is 373 g/mol. The number of furan rings is 1. The van der Waals surface area contributed by atoms with Gasteiger partial charge in [0.05, 0.1) is 18.9 Å². The molecule has 0 radical (unpaired) electrons. The quantitative estimate of drug-likeness (QED) is 0.776. The van der Waals surface area contributed by atoms with Gasteiger partial charge in [-0.1, -0.05) is 6.07 Å². The van der Waals surface area contributed by atoms with E-state index in [1.54, 1.807) is 18.2 Å². The van der Waals surface area contributed by atoms with Gasteiger partial charge in [0.1, 0.15) is 12.7 Å². The smallest absolute Gasteiger partial charge is 0.374 e. The van der Waals surface area contributed by atoms with E-state index in [-0.39, 0.29) is 23.8 Å². The molecule has 142 valence electrons. The molecule has 1 amide bonds. The van der Waals surface area contributed by atoms with Gasteiger partial charge in [0, 0.05) is 17.9 Å². The third-order valence-corrected chi connectivity index (χ3v) is 4.06. The van der Waals surface area contributed by atoms with Gasteiger partial charge in [0.25, 0.3) is 5.91 Å². The Kier molecular flexibility index (Phi) is 5.87. The molecule has 1 fully saturated rings. The number of anilines is 1. The van der Waals surface area contributed by atoms with Crippen LogP contribution in [0.3, 0.4) is 0 Å². The minimum Gasteiger partial charge on any atom is -0.463 e. The fraction of sp³-hybridized carbons (Fsp3) is 0.316. The SMILES string of the molecule is COC(=O)c1occc1COC(=O)c1cccc(NC(=O)[C@@H]2CCCO2)c1. The molecular formula is C19H19NO7. The number of hydrogen-bond acceptors (Lipinski definition) is 7. The first-order valence-electron chi connectivity index (χ1n) is 8.43. The van der Waals surface area contributed by atoms with E-state index < -0.39 is 18.0 Å². The maximum absolute atomic E-state index is 12.3. The Morgan fingerprint density at radius 2 is 2.07 bits per heavy atom. The number of esters is 2. The normalized spacial score (nSPS) is 16.0. The third kappa shape index (κ3) is 4.53. The van der Waals surface area contributed by atoms with Crippen LogP contribution in [-0.2, 0) is 25.6 Å². The molecule has 27 heavy (non-hydrogen) atoms. The molecule has 0 spiro atoms. The fourth-order valence-electron chi connectivity index (χ4n) is 2.68.